The lowest BCUT2D eigenvalue weighted by Crippen LogP contribution is -2.36. The van der Waals surface area contributed by atoms with Crippen molar-refractivity contribution in [1.29, 1.82) is 0 Å². The monoisotopic (exact) mass is 376 g/mol. The Morgan fingerprint density at radius 2 is 2.12 bits per heavy atom. The van der Waals surface area contributed by atoms with Gasteiger partial charge in [0, 0.05) is 18.2 Å². The first kappa shape index (κ1) is 19.0. The van der Waals surface area contributed by atoms with Crippen molar-refractivity contribution in [3.63, 3.8) is 0 Å². The van der Waals surface area contributed by atoms with E-state index < -0.39 is 10.0 Å². The van der Waals surface area contributed by atoms with Crippen molar-refractivity contribution < 1.29 is 13.2 Å². The highest BCUT2D eigenvalue weighted by Crippen LogP contribution is 2.35. The third kappa shape index (κ3) is 3.95. The SMILES string of the molecule is CCS(=O)(=O)N1c2ccc(C(=O)NCCC3=CCCCC3)cc2C[C@H]1C. The number of benzene rings is 1. The Labute approximate surface area is 156 Å². The molecule has 1 aliphatic heterocycles. The van der Waals surface area contributed by atoms with Crippen LogP contribution < -0.4 is 9.62 Å². The summed E-state index contributed by atoms with van der Waals surface area (Å²) in [5, 5.41) is 2.99. The van der Waals surface area contributed by atoms with Crippen LogP contribution in [0.5, 0.6) is 0 Å². The Morgan fingerprint density at radius 3 is 2.81 bits per heavy atom. The third-order valence-corrected chi connectivity index (χ3v) is 7.16. The van der Waals surface area contributed by atoms with E-state index in [1.807, 2.05) is 13.0 Å². The summed E-state index contributed by atoms with van der Waals surface area (Å²) in [4.78, 5) is 12.4. The van der Waals surface area contributed by atoms with Crippen LogP contribution in [0.3, 0.4) is 0 Å². The molecule has 26 heavy (non-hydrogen) atoms. The van der Waals surface area contributed by atoms with E-state index in [-0.39, 0.29) is 17.7 Å². The molecule has 0 saturated heterocycles. The number of carbonyl (C=O) groups excluding carboxylic acids is 1. The molecule has 1 amide bonds. The van der Waals surface area contributed by atoms with Gasteiger partial charge in [-0.2, -0.15) is 0 Å². The molecule has 0 saturated carbocycles. The van der Waals surface area contributed by atoms with Crippen molar-refractivity contribution in [2.45, 2.75) is 58.4 Å². The number of sulfonamides is 1. The molecule has 2 aliphatic rings. The van der Waals surface area contributed by atoms with Crippen LogP contribution in [0.2, 0.25) is 0 Å². The molecule has 0 fully saturated rings. The highest BCUT2D eigenvalue weighted by Gasteiger charge is 2.34. The lowest BCUT2D eigenvalue weighted by atomic mass is 9.97. The number of amides is 1. The summed E-state index contributed by atoms with van der Waals surface area (Å²) in [5.41, 5.74) is 3.68. The minimum absolute atomic E-state index is 0.0782. The highest BCUT2D eigenvalue weighted by molar-refractivity contribution is 7.92. The van der Waals surface area contributed by atoms with E-state index in [1.165, 1.54) is 22.7 Å². The van der Waals surface area contributed by atoms with Crippen LogP contribution in [0, 0.1) is 0 Å². The number of hydrogen-bond donors (Lipinski definition) is 1. The van der Waals surface area contributed by atoms with Crippen LogP contribution in [0.4, 0.5) is 5.69 Å². The number of rotatable bonds is 6. The van der Waals surface area contributed by atoms with Crippen molar-refractivity contribution in [2.75, 3.05) is 16.6 Å². The summed E-state index contributed by atoms with van der Waals surface area (Å²) < 4.78 is 26.2. The van der Waals surface area contributed by atoms with Gasteiger partial charge in [-0.15, -0.1) is 0 Å². The first-order valence-electron chi connectivity index (χ1n) is 9.53. The Hall–Kier alpha value is -1.82. The van der Waals surface area contributed by atoms with Crippen LogP contribution >= 0.6 is 0 Å². The second-order valence-corrected chi connectivity index (χ2v) is 9.34. The number of fused-ring (bicyclic) bond motifs is 1. The zero-order valence-electron chi connectivity index (χ0n) is 15.6. The number of carbonyl (C=O) groups is 1. The maximum absolute atomic E-state index is 12.4. The molecule has 0 aromatic heterocycles. The molecular weight excluding hydrogens is 348 g/mol. The van der Waals surface area contributed by atoms with E-state index in [2.05, 4.69) is 11.4 Å². The Kier molecular flexibility index (Phi) is 5.70. The minimum Gasteiger partial charge on any atom is -0.352 e. The molecule has 1 heterocycles. The van der Waals surface area contributed by atoms with Gasteiger partial charge in [0.15, 0.2) is 0 Å². The lowest BCUT2D eigenvalue weighted by molar-refractivity contribution is 0.0954. The predicted octanol–water partition coefficient (Wildman–Crippen LogP) is 3.41. The predicted molar refractivity (Wildman–Crippen MR) is 105 cm³/mol. The van der Waals surface area contributed by atoms with Gasteiger partial charge in [-0.05, 0) is 76.1 Å². The molecule has 142 valence electrons. The second-order valence-electron chi connectivity index (χ2n) is 7.21. The molecule has 1 N–H and O–H groups in total. The van der Waals surface area contributed by atoms with Crippen LogP contribution in [0.15, 0.2) is 29.8 Å². The van der Waals surface area contributed by atoms with Crippen molar-refractivity contribution in [2.24, 2.45) is 0 Å². The molecule has 1 aromatic rings. The number of allylic oxidation sites excluding steroid dienone is 1. The van der Waals surface area contributed by atoms with E-state index in [9.17, 15) is 13.2 Å². The fraction of sp³-hybridized carbons (Fsp3) is 0.550. The molecule has 3 rings (SSSR count). The van der Waals surface area contributed by atoms with Crippen LogP contribution in [0.25, 0.3) is 0 Å². The highest BCUT2D eigenvalue weighted by atomic mass is 32.2. The van der Waals surface area contributed by atoms with Crippen LogP contribution in [0.1, 0.15) is 61.9 Å². The third-order valence-electron chi connectivity index (χ3n) is 5.28. The van der Waals surface area contributed by atoms with Crippen LogP contribution in [-0.4, -0.2) is 32.7 Å². The van der Waals surface area contributed by atoms with Crippen LogP contribution in [-0.2, 0) is 16.4 Å². The standard InChI is InChI=1S/C20H28N2O3S/c1-3-26(24,25)22-15(2)13-18-14-17(9-10-19(18)22)20(23)21-12-11-16-7-5-4-6-8-16/h7,9-10,14-15H,3-6,8,11-13H2,1-2H3,(H,21,23)/t15-/m1/s1. The summed E-state index contributed by atoms with van der Waals surface area (Å²) in [5.74, 6) is -0.0110. The Bertz CT molecular complexity index is 814. The van der Waals surface area contributed by atoms with Crippen molar-refractivity contribution in [3.8, 4) is 0 Å². The van der Waals surface area contributed by atoms with Gasteiger partial charge < -0.3 is 5.32 Å². The van der Waals surface area contributed by atoms with Gasteiger partial charge in [0.2, 0.25) is 10.0 Å². The molecule has 0 spiro atoms. The fourth-order valence-corrected chi connectivity index (χ4v) is 5.26. The average molecular weight is 377 g/mol. The normalized spacial score (nSPS) is 19.8. The molecule has 6 heteroatoms. The molecule has 5 nitrogen and oxygen atoms in total. The average Bonchev–Trinajstić information content (AvgIpc) is 2.98. The number of nitrogens with zero attached hydrogens (tertiary/aromatic N) is 1. The van der Waals surface area contributed by atoms with Gasteiger partial charge in [-0.1, -0.05) is 11.6 Å². The van der Waals surface area contributed by atoms with E-state index in [4.69, 9.17) is 0 Å². The zero-order chi connectivity index (χ0) is 18.7. The summed E-state index contributed by atoms with van der Waals surface area (Å²) in [7, 11) is -3.29. The maximum Gasteiger partial charge on any atom is 0.251 e. The zero-order valence-corrected chi connectivity index (χ0v) is 16.4. The van der Waals surface area contributed by atoms with E-state index in [0.29, 0.717) is 24.2 Å². The summed E-state index contributed by atoms with van der Waals surface area (Å²) in [6.45, 7) is 4.21. The van der Waals surface area contributed by atoms with Gasteiger partial charge >= 0.3 is 0 Å². The quantitative estimate of drug-likeness (QED) is 0.774. The number of anilines is 1. The molecule has 1 atom stereocenters. The Morgan fingerprint density at radius 1 is 1.31 bits per heavy atom. The van der Waals surface area contributed by atoms with Gasteiger partial charge in [0.1, 0.15) is 0 Å². The number of nitrogens with one attached hydrogen (secondary N) is 1. The molecule has 1 aliphatic carbocycles. The topological polar surface area (TPSA) is 66.5 Å². The smallest absolute Gasteiger partial charge is 0.251 e. The molecule has 1 aromatic carbocycles. The summed E-state index contributed by atoms with van der Waals surface area (Å²) in [6.07, 6.45) is 8.68. The maximum atomic E-state index is 12.4. The molecule has 0 bridgehead atoms. The van der Waals surface area contributed by atoms with Gasteiger partial charge in [0.25, 0.3) is 5.91 Å². The van der Waals surface area contributed by atoms with Crippen molar-refractivity contribution in [3.05, 3.63) is 41.0 Å². The van der Waals surface area contributed by atoms with E-state index in [1.54, 1.807) is 19.1 Å². The first-order valence-corrected chi connectivity index (χ1v) is 11.1. The fourth-order valence-electron chi connectivity index (χ4n) is 3.88. The molecular formula is C20H28N2O3S. The minimum atomic E-state index is -3.29. The molecule has 0 unspecified atom stereocenters. The summed E-state index contributed by atoms with van der Waals surface area (Å²) in [6, 6.07) is 5.23. The first-order chi connectivity index (χ1) is 12.4. The van der Waals surface area contributed by atoms with Crippen molar-refractivity contribution >= 4 is 21.6 Å². The van der Waals surface area contributed by atoms with Gasteiger partial charge in [0.05, 0.1) is 11.4 Å². The van der Waals surface area contributed by atoms with Gasteiger partial charge in [-0.25, -0.2) is 8.42 Å². The summed E-state index contributed by atoms with van der Waals surface area (Å²) >= 11 is 0. The Balaban J connectivity index is 1.66. The van der Waals surface area contributed by atoms with Gasteiger partial charge in [-0.3, -0.25) is 9.10 Å². The molecule has 0 radical (unpaired) electrons. The largest absolute Gasteiger partial charge is 0.352 e. The van der Waals surface area contributed by atoms with E-state index in [0.717, 1.165) is 24.8 Å². The van der Waals surface area contributed by atoms with E-state index >= 15 is 0 Å². The lowest BCUT2D eigenvalue weighted by Gasteiger charge is -2.23. The van der Waals surface area contributed by atoms with Crippen molar-refractivity contribution in [1.82, 2.24) is 5.32 Å². The number of hydrogen-bond acceptors (Lipinski definition) is 3. The second kappa shape index (κ2) is 7.82.